The summed E-state index contributed by atoms with van der Waals surface area (Å²) in [6, 6.07) is 15.4. The molecule has 1 aromatic heterocycles. The molecule has 2 heterocycles. The van der Waals surface area contributed by atoms with Crippen LogP contribution >= 0.6 is 11.3 Å². The summed E-state index contributed by atoms with van der Waals surface area (Å²) in [5.74, 6) is 3.21. The molecule has 0 radical (unpaired) electrons. The van der Waals surface area contributed by atoms with Gasteiger partial charge in [-0.1, -0.05) is 38.0 Å². The molecule has 2 unspecified atom stereocenters. The maximum Gasteiger partial charge on any atom is 0.274 e. The number of terminal acetylenes is 1. The van der Waals surface area contributed by atoms with E-state index in [2.05, 4.69) is 30.0 Å². The number of unbranched alkanes of at least 4 members (excludes halogenated alkanes) is 1. The second kappa shape index (κ2) is 9.90. The summed E-state index contributed by atoms with van der Waals surface area (Å²) in [6.07, 6.45) is 9.20. The van der Waals surface area contributed by atoms with Crippen LogP contribution in [0.25, 0.3) is 0 Å². The van der Waals surface area contributed by atoms with Gasteiger partial charge in [-0.2, -0.15) is 5.26 Å². The Kier molecular flexibility index (Phi) is 6.77. The van der Waals surface area contributed by atoms with Crippen molar-refractivity contribution in [3.8, 4) is 24.2 Å². The SMILES string of the molecule is C#Cc1nc(C(=O)N2C(CCCC)Cc3cc(OC)ccc3C2c2ccc(C#N)cc2)cs1. The van der Waals surface area contributed by atoms with E-state index in [0.29, 0.717) is 16.3 Å². The molecule has 2 aromatic carbocycles. The van der Waals surface area contributed by atoms with Gasteiger partial charge in [-0.25, -0.2) is 4.98 Å². The average Bonchev–Trinajstić information content (AvgIpc) is 3.35. The predicted octanol–water partition coefficient (Wildman–Crippen LogP) is 5.35. The Morgan fingerprint density at radius 2 is 2.09 bits per heavy atom. The molecular weight excluding hydrogens is 430 g/mol. The van der Waals surface area contributed by atoms with Crippen LogP contribution in [0.4, 0.5) is 0 Å². The van der Waals surface area contributed by atoms with Gasteiger partial charge in [0.05, 0.1) is 24.8 Å². The first-order valence-electron chi connectivity index (χ1n) is 11.0. The van der Waals surface area contributed by atoms with Crippen LogP contribution < -0.4 is 4.74 Å². The lowest BCUT2D eigenvalue weighted by atomic mass is 9.82. The minimum atomic E-state index is -0.294. The van der Waals surface area contributed by atoms with Crippen LogP contribution in [-0.2, 0) is 6.42 Å². The Hall–Kier alpha value is -3.61. The van der Waals surface area contributed by atoms with Gasteiger partial charge in [-0.3, -0.25) is 4.79 Å². The van der Waals surface area contributed by atoms with Crippen molar-refractivity contribution in [2.75, 3.05) is 7.11 Å². The van der Waals surface area contributed by atoms with Crippen molar-refractivity contribution in [3.05, 3.63) is 80.8 Å². The molecule has 1 aliphatic rings. The second-order valence-electron chi connectivity index (χ2n) is 8.10. The molecule has 0 N–H and O–H groups in total. The molecule has 5 nitrogen and oxygen atoms in total. The number of ether oxygens (including phenoxy) is 1. The molecule has 3 aromatic rings. The van der Waals surface area contributed by atoms with Crippen LogP contribution in [0.5, 0.6) is 5.75 Å². The highest BCUT2D eigenvalue weighted by Gasteiger charge is 2.39. The molecule has 4 rings (SSSR count). The Labute approximate surface area is 198 Å². The van der Waals surface area contributed by atoms with Crippen LogP contribution in [0.3, 0.4) is 0 Å². The first-order valence-corrected chi connectivity index (χ1v) is 11.9. The summed E-state index contributed by atoms with van der Waals surface area (Å²) in [6.45, 7) is 2.16. The fourth-order valence-corrected chi connectivity index (χ4v) is 5.08. The number of hydrogen-bond acceptors (Lipinski definition) is 5. The molecule has 0 fully saturated rings. The maximum absolute atomic E-state index is 13.9. The van der Waals surface area contributed by atoms with E-state index in [1.54, 1.807) is 24.6 Å². The number of amides is 1. The van der Waals surface area contributed by atoms with E-state index in [0.717, 1.165) is 42.6 Å². The number of nitrogens with zero attached hydrogens (tertiary/aromatic N) is 3. The number of nitriles is 1. The van der Waals surface area contributed by atoms with Crippen molar-refractivity contribution < 1.29 is 9.53 Å². The summed E-state index contributed by atoms with van der Waals surface area (Å²) in [7, 11) is 1.67. The van der Waals surface area contributed by atoms with E-state index < -0.39 is 0 Å². The van der Waals surface area contributed by atoms with Crippen LogP contribution in [0.15, 0.2) is 47.8 Å². The topological polar surface area (TPSA) is 66.2 Å². The lowest BCUT2D eigenvalue weighted by molar-refractivity contribution is 0.0561. The highest BCUT2D eigenvalue weighted by atomic mass is 32.1. The molecule has 0 bridgehead atoms. The van der Waals surface area contributed by atoms with E-state index in [9.17, 15) is 10.1 Å². The maximum atomic E-state index is 13.9. The molecule has 6 heteroatoms. The summed E-state index contributed by atoms with van der Waals surface area (Å²) in [4.78, 5) is 20.2. The second-order valence-corrected chi connectivity index (χ2v) is 8.95. The van der Waals surface area contributed by atoms with Crippen LogP contribution in [0.2, 0.25) is 0 Å². The average molecular weight is 456 g/mol. The van der Waals surface area contributed by atoms with Gasteiger partial charge in [-0.15, -0.1) is 17.8 Å². The first-order chi connectivity index (χ1) is 16.1. The summed E-state index contributed by atoms with van der Waals surface area (Å²) < 4.78 is 5.48. The van der Waals surface area contributed by atoms with Gasteiger partial charge in [0.1, 0.15) is 11.4 Å². The summed E-state index contributed by atoms with van der Waals surface area (Å²) >= 11 is 1.31. The Morgan fingerprint density at radius 1 is 1.30 bits per heavy atom. The number of methoxy groups -OCH3 is 1. The number of fused-ring (bicyclic) bond motifs is 1. The smallest absolute Gasteiger partial charge is 0.274 e. The number of aromatic nitrogens is 1. The third kappa shape index (κ3) is 4.49. The quantitative estimate of drug-likeness (QED) is 0.470. The fourth-order valence-electron chi connectivity index (χ4n) is 4.48. The Bertz CT molecular complexity index is 1230. The minimum Gasteiger partial charge on any atom is -0.497 e. The molecule has 0 saturated heterocycles. The zero-order valence-corrected chi connectivity index (χ0v) is 19.6. The molecule has 1 aliphatic heterocycles. The zero-order valence-electron chi connectivity index (χ0n) is 18.7. The third-order valence-electron chi connectivity index (χ3n) is 6.10. The van der Waals surface area contributed by atoms with Gasteiger partial charge < -0.3 is 9.64 Å². The molecule has 166 valence electrons. The van der Waals surface area contributed by atoms with Gasteiger partial charge >= 0.3 is 0 Å². The van der Waals surface area contributed by atoms with Crippen LogP contribution in [-0.4, -0.2) is 28.9 Å². The van der Waals surface area contributed by atoms with Gasteiger partial charge in [0.15, 0.2) is 5.01 Å². The molecule has 33 heavy (non-hydrogen) atoms. The minimum absolute atomic E-state index is 0.00804. The van der Waals surface area contributed by atoms with Crippen molar-refractivity contribution in [2.45, 2.75) is 44.7 Å². The molecule has 0 spiro atoms. The molecule has 1 amide bonds. The van der Waals surface area contributed by atoms with Gasteiger partial charge in [0.2, 0.25) is 0 Å². The van der Waals surface area contributed by atoms with Crippen LogP contribution in [0, 0.1) is 23.7 Å². The van der Waals surface area contributed by atoms with E-state index in [-0.39, 0.29) is 18.0 Å². The van der Waals surface area contributed by atoms with Gasteiger partial charge in [0.25, 0.3) is 5.91 Å². The molecule has 2 atom stereocenters. The van der Waals surface area contributed by atoms with Crippen molar-refractivity contribution in [3.63, 3.8) is 0 Å². The van der Waals surface area contributed by atoms with E-state index >= 15 is 0 Å². The molecule has 0 aliphatic carbocycles. The van der Waals surface area contributed by atoms with Gasteiger partial charge in [0, 0.05) is 11.4 Å². The number of hydrogen-bond donors (Lipinski definition) is 0. The third-order valence-corrected chi connectivity index (χ3v) is 6.87. The van der Waals surface area contributed by atoms with Crippen LogP contribution in [0.1, 0.15) is 70.0 Å². The number of benzene rings is 2. The molecule has 0 saturated carbocycles. The van der Waals surface area contributed by atoms with E-state index in [1.807, 2.05) is 29.2 Å². The Balaban J connectivity index is 1.87. The lowest BCUT2D eigenvalue weighted by Gasteiger charge is -2.43. The zero-order chi connectivity index (χ0) is 23.4. The number of carbonyl (C=O) groups excluding carboxylic acids is 1. The highest BCUT2D eigenvalue weighted by Crippen LogP contribution is 2.41. The van der Waals surface area contributed by atoms with Gasteiger partial charge in [-0.05, 0) is 59.7 Å². The van der Waals surface area contributed by atoms with E-state index in [4.69, 9.17) is 11.2 Å². The lowest BCUT2D eigenvalue weighted by Crippen LogP contribution is -2.48. The van der Waals surface area contributed by atoms with Crippen molar-refractivity contribution in [2.24, 2.45) is 0 Å². The highest BCUT2D eigenvalue weighted by molar-refractivity contribution is 7.10. The molecular formula is C27H25N3O2S. The number of thiazole rings is 1. The standard InChI is InChI=1S/C27H25N3O2S/c1-4-6-7-21-14-20-15-22(32-3)12-13-23(20)26(19-10-8-18(16-28)9-11-19)30(21)27(31)24-17-33-25(5-2)29-24/h2,8-13,15,17,21,26H,4,6-7,14H2,1,3H3. The monoisotopic (exact) mass is 455 g/mol. The number of rotatable bonds is 6. The number of carbonyl (C=O) groups is 1. The van der Waals surface area contributed by atoms with Crippen molar-refractivity contribution >= 4 is 17.2 Å². The Morgan fingerprint density at radius 3 is 2.73 bits per heavy atom. The first kappa shape index (κ1) is 22.6. The predicted molar refractivity (Wildman–Crippen MR) is 129 cm³/mol. The fraction of sp³-hybridized carbons (Fsp3) is 0.296. The van der Waals surface area contributed by atoms with Crippen molar-refractivity contribution in [1.82, 2.24) is 9.88 Å². The summed E-state index contributed by atoms with van der Waals surface area (Å²) in [5, 5.41) is 11.5. The largest absolute Gasteiger partial charge is 0.497 e. The van der Waals surface area contributed by atoms with E-state index in [1.165, 1.54) is 16.9 Å². The van der Waals surface area contributed by atoms with Crippen molar-refractivity contribution in [1.29, 1.82) is 5.26 Å². The normalized spacial score (nSPS) is 17.0. The summed E-state index contributed by atoms with van der Waals surface area (Å²) in [5.41, 5.74) is 4.17.